The summed E-state index contributed by atoms with van der Waals surface area (Å²) in [6, 6.07) is 5.36. The van der Waals surface area contributed by atoms with Gasteiger partial charge in [0.15, 0.2) is 24.7 Å². The number of hydrogen-bond donors (Lipinski definition) is 1. The topological polar surface area (TPSA) is 73.9 Å². The molecule has 1 rings (SSSR count). The summed E-state index contributed by atoms with van der Waals surface area (Å²) in [6.07, 6.45) is 3.84. The van der Waals surface area contributed by atoms with Crippen molar-refractivity contribution in [2.45, 2.75) is 26.8 Å². The van der Waals surface area contributed by atoms with Crippen molar-refractivity contribution in [3.05, 3.63) is 29.8 Å². The van der Waals surface area contributed by atoms with Crippen molar-refractivity contribution in [1.29, 1.82) is 0 Å². The van der Waals surface area contributed by atoms with Crippen molar-refractivity contribution in [3.63, 3.8) is 0 Å². The van der Waals surface area contributed by atoms with Gasteiger partial charge < -0.3 is 19.5 Å². The van der Waals surface area contributed by atoms with Crippen molar-refractivity contribution in [2.75, 3.05) is 20.3 Å². The molecule has 0 heterocycles. The lowest BCUT2D eigenvalue weighted by Crippen LogP contribution is -2.34. The van der Waals surface area contributed by atoms with Crippen LogP contribution in [0.4, 0.5) is 0 Å². The molecule has 0 unspecified atom stereocenters. The van der Waals surface area contributed by atoms with Gasteiger partial charge in [-0.2, -0.15) is 0 Å². The van der Waals surface area contributed by atoms with Crippen molar-refractivity contribution in [1.82, 2.24) is 5.32 Å². The maximum absolute atomic E-state index is 11.6. The highest BCUT2D eigenvalue weighted by Crippen LogP contribution is 2.28. The minimum absolute atomic E-state index is 0.00241. The maximum Gasteiger partial charge on any atom is 0.344 e. The van der Waals surface area contributed by atoms with E-state index in [-0.39, 0.29) is 25.2 Å². The number of benzene rings is 1. The number of amides is 1. The van der Waals surface area contributed by atoms with Crippen LogP contribution in [0.3, 0.4) is 0 Å². The Labute approximate surface area is 136 Å². The first-order valence-electron chi connectivity index (χ1n) is 7.34. The summed E-state index contributed by atoms with van der Waals surface area (Å²) in [4.78, 5) is 23.0. The van der Waals surface area contributed by atoms with E-state index in [0.29, 0.717) is 11.5 Å². The van der Waals surface area contributed by atoms with E-state index >= 15 is 0 Å². The van der Waals surface area contributed by atoms with Gasteiger partial charge in [-0.05, 0) is 38.5 Å². The zero-order valence-corrected chi connectivity index (χ0v) is 13.9. The van der Waals surface area contributed by atoms with Crippen LogP contribution < -0.4 is 14.8 Å². The molecular formula is C17H23NO5. The van der Waals surface area contributed by atoms with E-state index in [0.717, 1.165) is 5.56 Å². The lowest BCUT2D eigenvalue weighted by molar-refractivity contribution is -0.150. The van der Waals surface area contributed by atoms with E-state index in [1.165, 1.54) is 7.11 Å². The smallest absolute Gasteiger partial charge is 0.344 e. The van der Waals surface area contributed by atoms with E-state index in [1.807, 2.05) is 39.0 Å². The monoisotopic (exact) mass is 321 g/mol. The largest absolute Gasteiger partial charge is 0.493 e. The number of allylic oxidation sites excluding steroid dienone is 1. The number of methoxy groups -OCH3 is 1. The van der Waals surface area contributed by atoms with Crippen LogP contribution >= 0.6 is 0 Å². The Bertz CT molecular complexity index is 566. The first kappa shape index (κ1) is 18.5. The highest BCUT2D eigenvalue weighted by atomic mass is 16.6. The molecule has 1 N–H and O–H groups in total. The standard InChI is InChI=1S/C17H23NO5/c1-5-6-13-7-8-14(15(9-13)21-4)22-11-17(20)23-10-16(19)18-12(2)3/h5-9,12H,10-11H2,1-4H3,(H,18,19)/b6-5+. The SMILES string of the molecule is C/C=C/c1ccc(OCC(=O)OCC(=O)NC(C)C)c(OC)c1. The Morgan fingerprint density at radius 2 is 1.96 bits per heavy atom. The van der Waals surface area contributed by atoms with Crippen LogP contribution in [0.25, 0.3) is 6.08 Å². The van der Waals surface area contributed by atoms with Gasteiger partial charge in [-0.15, -0.1) is 0 Å². The molecule has 23 heavy (non-hydrogen) atoms. The van der Waals surface area contributed by atoms with E-state index in [4.69, 9.17) is 14.2 Å². The Hall–Kier alpha value is -2.50. The van der Waals surface area contributed by atoms with Crippen LogP contribution in [-0.2, 0) is 14.3 Å². The van der Waals surface area contributed by atoms with E-state index in [9.17, 15) is 9.59 Å². The second-order valence-corrected chi connectivity index (χ2v) is 5.08. The predicted octanol–water partition coefficient (Wildman–Crippen LogP) is 2.17. The number of esters is 1. The molecule has 0 radical (unpaired) electrons. The highest BCUT2D eigenvalue weighted by Gasteiger charge is 2.11. The molecule has 1 aromatic carbocycles. The van der Waals surface area contributed by atoms with Crippen molar-refractivity contribution in [2.24, 2.45) is 0 Å². The second-order valence-electron chi connectivity index (χ2n) is 5.08. The van der Waals surface area contributed by atoms with Gasteiger partial charge in [0.1, 0.15) is 0 Å². The number of carbonyl (C=O) groups excluding carboxylic acids is 2. The third kappa shape index (κ3) is 6.86. The fraction of sp³-hybridized carbons (Fsp3) is 0.412. The molecule has 0 saturated heterocycles. The zero-order chi connectivity index (χ0) is 17.2. The average molecular weight is 321 g/mol. The molecule has 6 heteroatoms. The van der Waals surface area contributed by atoms with Crippen LogP contribution in [0, 0.1) is 0 Å². The van der Waals surface area contributed by atoms with E-state index in [2.05, 4.69) is 5.32 Å². The van der Waals surface area contributed by atoms with Gasteiger partial charge in [0.05, 0.1) is 7.11 Å². The van der Waals surface area contributed by atoms with Gasteiger partial charge in [-0.3, -0.25) is 4.79 Å². The first-order chi connectivity index (χ1) is 11.0. The van der Waals surface area contributed by atoms with Gasteiger partial charge in [0.2, 0.25) is 0 Å². The van der Waals surface area contributed by atoms with Crippen LogP contribution in [0.5, 0.6) is 11.5 Å². The Kier molecular flexibility index (Phi) is 7.66. The molecule has 126 valence electrons. The molecule has 0 aliphatic carbocycles. The Balaban J connectivity index is 2.51. The van der Waals surface area contributed by atoms with Gasteiger partial charge in [-0.1, -0.05) is 18.2 Å². The summed E-state index contributed by atoms with van der Waals surface area (Å²) in [5, 5.41) is 2.62. The minimum atomic E-state index is -0.622. The molecule has 0 bridgehead atoms. The third-order valence-corrected chi connectivity index (χ3v) is 2.71. The number of carbonyl (C=O) groups is 2. The second kappa shape index (κ2) is 9.50. The fourth-order valence-electron chi connectivity index (χ4n) is 1.79. The van der Waals surface area contributed by atoms with Gasteiger partial charge >= 0.3 is 5.97 Å². The molecule has 1 aromatic rings. The maximum atomic E-state index is 11.6. The molecule has 0 aliphatic rings. The zero-order valence-electron chi connectivity index (χ0n) is 13.9. The molecule has 0 atom stereocenters. The van der Waals surface area contributed by atoms with Gasteiger partial charge in [0, 0.05) is 6.04 Å². The summed E-state index contributed by atoms with van der Waals surface area (Å²) in [5.41, 5.74) is 0.963. The summed E-state index contributed by atoms with van der Waals surface area (Å²) < 4.78 is 15.4. The van der Waals surface area contributed by atoms with Crippen LogP contribution in [0.2, 0.25) is 0 Å². The van der Waals surface area contributed by atoms with Crippen LogP contribution in [0.15, 0.2) is 24.3 Å². The highest BCUT2D eigenvalue weighted by molar-refractivity contribution is 5.81. The van der Waals surface area contributed by atoms with Crippen LogP contribution in [-0.4, -0.2) is 38.2 Å². The number of ether oxygens (including phenoxy) is 3. The normalized spacial score (nSPS) is 10.7. The quantitative estimate of drug-likeness (QED) is 0.743. The Morgan fingerprint density at radius 3 is 2.57 bits per heavy atom. The molecule has 0 aromatic heterocycles. The number of hydrogen-bond acceptors (Lipinski definition) is 5. The first-order valence-corrected chi connectivity index (χ1v) is 7.34. The lowest BCUT2D eigenvalue weighted by atomic mass is 10.2. The molecule has 0 saturated carbocycles. The Morgan fingerprint density at radius 1 is 1.22 bits per heavy atom. The third-order valence-electron chi connectivity index (χ3n) is 2.71. The molecule has 0 spiro atoms. The number of nitrogens with one attached hydrogen (secondary N) is 1. The summed E-state index contributed by atoms with van der Waals surface area (Å²) >= 11 is 0. The molecule has 6 nitrogen and oxygen atoms in total. The summed E-state index contributed by atoms with van der Waals surface area (Å²) in [6.45, 7) is 4.95. The fourth-order valence-corrected chi connectivity index (χ4v) is 1.79. The van der Waals surface area contributed by atoms with E-state index in [1.54, 1.807) is 12.1 Å². The minimum Gasteiger partial charge on any atom is -0.493 e. The molecular weight excluding hydrogens is 298 g/mol. The molecule has 0 aliphatic heterocycles. The average Bonchev–Trinajstić information content (AvgIpc) is 2.51. The lowest BCUT2D eigenvalue weighted by Gasteiger charge is -2.12. The molecule has 1 amide bonds. The summed E-state index contributed by atoms with van der Waals surface area (Å²) in [5.74, 6) is -0.0135. The predicted molar refractivity (Wildman–Crippen MR) is 87.4 cm³/mol. The molecule has 0 fully saturated rings. The van der Waals surface area contributed by atoms with Gasteiger partial charge in [-0.25, -0.2) is 4.79 Å². The van der Waals surface area contributed by atoms with Crippen LogP contribution in [0.1, 0.15) is 26.3 Å². The number of rotatable bonds is 8. The van der Waals surface area contributed by atoms with Crippen molar-refractivity contribution in [3.8, 4) is 11.5 Å². The van der Waals surface area contributed by atoms with Gasteiger partial charge in [0.25, 0.3) is 5.91 Å². The van der Waals surface area contributed by atoms with Crippen molar-refractivity contribution >= 4 is 18.0 Å². The van der Waals surface area contributed by atoms with Crippen molar-refractivity contribution < 1.29 is 23.8 Å². The summed E-state index contributed by atoms with van der Waals surface area (Å²) in [7, 11) is 1.52. The van der Waals surface area contributed by atoms with E-state index < -0.39 is 5.97 Å².